The summed E-state index contributed by atoms with van der Waals surface area (Å²) in [5.41, 5.74) is -2.97. The molecule has 0 aliphatic carbocycles. The smallest absolute Gasteiger partial charge is 0.254 e. The normalized spacial score (nSPS) is 12.3. The molecule has 8 heteroatoms. The summed E-state index contributed by atoms with van der Waals surface area (Å²) in [6.45, 7) is 0. The average molecular weight is 402 g/mol. The van der Waals surface area contributed by atoms with Crippen LogP contribution in [0.4, 0.5) is 26.3 Å². The molecule has 0 radical (unpaired) electrons. The minimum atomic E-state index is -4.70. The lowest BCUT2D eigenvalue weighted by Gasteiger charge is -2.18. The quantitative estimate of drug-likeness (QED) is 0.417. The second-order valence-corrected chi connectivity index (χ2v) is 6.07. The number of aromatic nitrogens is 1. The monoisotopic (exact) mass is 401 g/mol. The van der Waals surface area contributed by atoms with Gasteiger partial charge in [-0.3, -0.25) is 4.98 Å². The van der Waals surface area contributed by atoms with Crippen LogP contribution in [0.1, 0.15) is 11.1 Å². The van der Waals surface area contributed by atoms with Gasteiger partial charge in [-0.25, -0.2) is 0 Å². The van der Waals surface area contributed by atoms with Gasteiger partial charge in [0.25, 0.3) is 0 Å². The van der Waals surface area contributed by atoms with E-state index < -0.39 is 23.5 Å². The molecule has 0 unspecified atom stereocenters. The highest BCUT2D eigenvalue weighted by Gasteiger charge is 2.36. The van der Waals surface area contributed by atoms with E-state index in [2.05, 4.69) is 4.98 Å². The van der Waals surface area contributed by atoms with Gasteiger partial charge in [0.2, 0.25) is 0 Å². The van der Waals surface area contributed by atoms with Crippen LogP contribution < -0.4 is 0 Å². The zero-order valence-corrected chi connectivity index (χ0v) is 14.1. The van der Waals surface area contributed by atoms with Gasteiger partial charge < -0.3 is 0 Å². The molecule has 0 fully saturated rings. The highest BCUT2D eigenvalue weighted by molar-refractivity contribution is 6.30. The lowest BCUT2D eigenvalue weighted by Crippen LogP contribution is -2.09. The first-order valence-electron chi connectivity index (χ1n) is 7.58. The fraction of sp³-hybridized carbons (Fsp3) is 0.105. The molecular formula is C19H10ClF6N. The Balaban J connectivity index is 2.34. The number of rotatable bonds is 2. The van der Waals surface area contributed by atoms with E-state index in [0.29, 0.717) is 0 Å². The summed E-state index contributed by atoms with van der Waals surface area (Å²) in [6.07, 6.45) is -8.29. The highest BCUT2D eigenvalue weighted by Crippen LogP contribution is 2.43. The van der Waals surface area contributed by atoms with Crippen molar-refractivity contribution in [2.24, 2.45) is 0 Å². The maximum absolute atomic E-state index is 13.4. The number of halogens is 7. The Labute approximate surface area is 155 Å². The third-order valence-corrected chi connectivity index (χ3v) is 4.07. The maximum atomic E-state index is 13.4. The van der Waals surface area contributed by atoms with Gasteiger partial charge in [-0.05, 0) is 23.8 Å². The van der Waals surface area contributed by atoms with Gasteiger partial charge in [0.1, 0.15) is 0 Å². The summed E-state index contributed by atoms with van der Waals surface area (Å²) in [7, 11) is 0. The molecule has 2 aromatic carbocycles. The van der Waals surface area contributed by atoms with Crippen molar-refractivity contribution in [1.82, 2.24) is 4.98 Å². The first-order valence-corrected chi connectivity index (χ1v) is 7.95. The third kappa shape index (κ3) is 3.93. The predicted molar refractivity (Wildman–Crippen MR) is 90.1 cm³/mol. The van der Waals surface area contributed by atoms with E-state index in [-0.39, 0.29) is 27.4 Å². The Kier molecular flexibility index (Phi) is 4.90. The van der Waals surface area contributed by atoms with Crippen molar-refractivity contribution in [2.75, 3.05) is 0 Å². The number of benzene rings is 2. The van der Waals surface area contributed by atoms with Crippen LogP contribution in [-0.2, 0) is 12.4 Å². The molecule has 1 aromatic heterocycles. The van der Waals surface area contributed by atoms with E-state index in [0.717, 1.165) is 18.3 Å². The molecule has 0 N–H and O–H groups in total. The van der Waals surface area contributed by atoms with Gasteiger partial charge in [0.05, 0.1) is 21.8 Å². The van der Waals surface area contributed by atoms with E-state index >= 15 is 0 Å². The summed E-state index contributed by atoms with van der Waals surface area (Å²) in [4.78, 5) is 3.92. The number of hydrogen-bond acceptors (Lipinski definition) is 1. The van der Waals surface area contributed by atoms with Crippen LogP contribution >= 0.6 is 11.6 Å². The summed E-state index contributed by atoms with van der Waals surface area (Å²) < 4.78 is 80.4. The SMILES string of the molecule is FC(F)(F)c1ccccc1-c1cc(Cl)cnc1-c1ccccc1C(F)(F)F. The molecule has 0 saturated carbocycles. The van der Waals surface area contributed by atoms with Crippen LogP contribution in [0.3, 0.4) is 0 Å². The molecule has 0 aliphatic heterocycles. The molecule has 27 heavy (non-hydrogen) atoms. The van der Waals surface area contributed by atoms with E-state index in [1.807, 2.05) is 0 Å². The van der Waals surface area contributed by atoms with Gasteiger partial charge in [-0.15, -0.1) is 0 Å². The summed E-state index contributed by atoms with van der Waals surface area (Å²) in [6, 6.07) is 10.4. The second kappa shape index (κ2) is 6.88. The molecule has 0 bridgehead atoms. The maximum Gasteiger partial charge on any atom is 0.417 e. The van der Waals surface area contributed by atoms with Gasteiger partial charge >= 0.3 is 12.4 Å². The minimum Gasteiger partial charge on any atom is -0.254 e. The van der Waals surface area contributed by atoms with Crippen LogP contribution in [-0.4, -0.2) is 4.98 Å². The van der Waals surface area contributed by atoms with Crippen LogP contribution in [0.25, 0.3) is 22.4 Å². The molecule has 0 atom stereocenters. The Morgan fingerprint density at radius 2 is 1.15 bits per heavy atom. The van der Waals surface area contributed by atoms with Gasteiger partial charge in [-0.1, -0.05) is 48.0 Å². The van der Waals surface area contributed by atoms with E-state index in [9.17, 15) is 26.3 Å². The molecular weight excluding hydrogens is 392 g/mol. The van der Waals surface area contributed by atoms with Crippen LogP contribution in [0.15, 0.2) is 60.8 Å². The minimum absolute atomic E-state index is 0.00946. The third-order valence-electron chi connectivity index (χ3n) is 3.86. The van der Waals surface area contributed by atoms with Crippen LogP contribution in [0, 0.1) is 0 Å². The summed E-state index contributed by atoms with van der Waals surface area (Å²) >= 11 is 5.88. The molecule has 1 heterocycles. The van der Waals surface area contributed by atoms with Crippen LogP contribution in [0.5, 0.6) is 0 Å². The summed E-state index contributed by atoms with van der Waals surface area (Å²) in [5.74, 6) is 0. The Morgan fingerprint density at radius 3 is 1.70 bits per heavy atom. The largest absolute Gasteiger partial charge is 0.417 e. The van der Waals surface area contributed by atoms with Crippen molar-refractivity contribution in [3.05, 3.63) is 76.9 Å². The van der Waals surface area contributed by atoms with Crippen LogP contribution in [0.2, 0.25) is 5.02 Å². The van der Waals surface area contributed by atoms with Crippen molar-refractivity contribution in [3.8, 4) is 22.4 Å². The average Bonchev–Trinajstić information content (AvgIpc) is 2.60. The molecule has 3 aromatic rings. The van der Waals surface area contributed by atoms with Crippen molar-refractivity contribution in [2.45, 2.75) is 12.4 Å². The zero-order chi connectivity index (χ0) is 19.8. The molecule has 1 nitrogen and oxygen atoms in total. The zero-order valence-electron chi connectivity index (χ0n) is 13.4. The predicted octanol–water partition coefficient (Wildman–Crippen LogP) is 7.11. The Morgan fingerprint density at radius 1 is 0.667 bits per heavy atom. The molecule has 0 saturated heterocycles. The first-order chi connectivity index (χ1) is 12.6. The van der Waals surface area contributed by atoms with Crippen molar-refractivity contribution in [1.29, 1.82) is 0 Å². The van der Waals surface area contributed by atoms with Crippen molar-refractivity contribution in [3.63, 3.8) is 0 Å². The topological polar surface area (TPSA) is 12.9 Å². The van der Waals surface area contributed by atoms with E-state index in [1.54, 1.807) is 0 Å². The standard InChI is InChI=1S/C19H10ClF6N/c20-11-9-14(12-5-1-3-7-15(12)18(21,22)23)17(27-10-11)13-6-2-4-8-16(13)19(24,25)26/h1-10H. The Hall–Kier alpha value is -2.54. The molecule has 140 valence electrons. The number of alkyl halides is 6. The molecule has 0 amide bonds. The van der Waals surface area contributed by atoms with Crippen molar-refractivity contribution < 1.29 is 26.3 Å². The first kappa shape index (κ1) is 19.2. The molecule has 0 aliphatic rings. The highest BCUT2D eigenvalue weighted by atomic mass is 35.5. The Bertz CT molecular complexity index is 978. The van der Waals surface area contributed by atoms with E-state index in [1.165, 1.54) is 42.5 Å². The van der Waals surface area contributed by atoms with E-state index in [4.69, 9.17) is 11.6 Å². The number of pyridine rings is 1. The number of nitrogens with zero attached hydrogens (tertiary/aromatic N) is 1. The lowest BCUT2D eigenvalue weighted by molar-refractivity contribution is -0.138. The second-order valence-electron chi connectivity index (χ2n) is 5.64. The molecule has 0 spiro atoms. The van der Waals surface area contributed by atoms with Crippen molar-refractivity contribution >= 4 is 11.6 Å². The fourth-order valence-corrected chi connectivity index (χ4v) is 2.92. The summed E-state index contributed by atoms with van der Waals surface area (Å²) in [5, 5.41) is 0.00946. The number of hydrogen-bond donors (Lipinski definition) is 0. The van der Waals surface area contributed by atoms with Gasteiger partial charge in [0, 0.05) is 17.3 Å². The lowest BCUT2D eigenvalue weighted by atomic mass is 9.93. The molecule has 3 rings (SSSR count). The van der Waals surface area contributed by atoms with Gasteiger partial charge in [0.15, 0.2) is 0 Å². The van der Waals surface area contributed by atoms with Gasteiger partial charge in [-0.2, -0.15) is 26.3 Å². The fourth-order valence-electron chi connectivity index (χ4n) is 2.76.